The van der Waals surface area contributed by atoms with Crippen molar-refractivity contribution in [1.29, 1.82) is 0 Å². The predicted molar refractivity (Wildman–Crippen MR) is 87.0 cm³/mol. The molecule has 140 valence electrons. The number of carbonyl (C=O) groups is 1. The Morgan fingerprint density at radius 3 is 2.54 bits per heavy atom. The minimum Gasteiger partial charge on any atom is -0.465 e. The largest absolute Gasteiger partial charge is 0.465 e. The maximum atomic E-state index is 12.8. The quantitative estimate of drug-likeness (QED) is 0.608. The smallest absolute Gasteiger partial charge is 0.416 e. The number of halogens is 3. The fraction of sp³-hybridized carbons (Fsp3) is 0.250. The third-order valence-corrected chi connectivity index (χ3v) is 4.12. The molecule has 2 aromatic rings. The molecule has 6 nitrogen and oxygen atoms in total. The molecule has 1 atom stereocenters. The molecule has 10 heteroatoms. The second-order valence-electron chi connectivity index (χ2n) is 5.26. The van der Waals surface area contributed by atoms with Crippen LogP contribution in [-0.2, 0) is 35.3 Å². The van der Waals surface area contributed by atoms with E-state index in [0.717, 1.165) is 16.4 Å². The van der Waals surface area contributed by atoms with Crippen LogP contribution in [-0.4, -0.2) is 31.1 Å². The summed E-state index contributed by atoms with van der Waals surface area (Å²) in [4.78, 5) is 15.4. The summed E-state index contributed by atoms with van der Waals surface area (Å²) in [5.41, 5.74) is -0.0227. The van der Waals surface area contributed by atoms with Crippen molar-refractivity contribution >= 4 is 17.2 Å². The summed E-state index contributed by atoms with van der Waals surface area (Å²) >= 11 is -2.43. The van der Waals surface area contributed by atoms with Gasteiger partial charge in [0, 0.05) is 12.7 Å². The van der Waals surface area contributed by atoms with Crippen LogP contribution >= 0.6 is 0 Å². The maximum absolute atomic E-state index is 12.8. The van der Waals surface area contributed by atoms with Crippen molar-refractivity contribution in [2.45, 2.75) is 19.3 Å². The van der Waals surface area contributed by atoms with E-state index in [4.69, 9.17) is 0 Å². The summed E-state index contributed by atoms with van der Waals surface area (Å²) in [5, 5.41) is 0. The number of hydrogen-bond acceptors (Lipinski definition) is 4. The van der Waals surface area contributed by atoms with Crippen LogP contribution in [0.4, 0.5) is 13.2 Å². The first-order chi connectivity index (χ1) is 12.2. The van der Waals surface area contributed by atoms with Gasteiger partial charge in [-0.25, -0.2) is 9.00 Å². The Kier molecular flexibility index (Phi) is 6.46. The van der Waals surface area contributed by atoms with Crippen LogP contribution in [0.15, 0.2) is 42.6 Å². The Labute approximate surface area is 150 Å². The van der Waals surface area contributed by atoms with E-state index in [1.54, 1.807) is 0 Å². The van der Waals surface area contributed by atoms with E-state index in [1.165, 1.54) is 37.6 Å². The molecule has 1 N–H and O–H groups in total. The Hall–Kier alpha value is -2.30. The van der Waals surface area contributed by atoms with Crippen molar-refractivity contribution in [2.75, 3.05) is 7.11 Å². The van der Waals surface area contributed by atoms with Gasteiger partial charge in [0.2, 0.25) is 11.3 Å². The lowest BCUT2D eigenvalue weighted by Crippen LogP contribution is -2.25. The normalized spacial score (nSPS) is 12.8. The highest BCUT2D eigenvalue weighted by atomic mass is 32.2. The molecule has 0 aliphatic carbocycles. The lowest BCUT2D eigenvalue weighted by Gasteiger charge is -2.18. The van der Waals surface area contributed by atoms with E-state index in [0.29, 0.717) is 5.69 Å². The number of carbonyl (C=O) groups excluding carboxylic acids is 1. The molecule has 0 amide bonds. The van der Waals surface area contributed by atoms with E-state index < -0.39 is 29.0 Å². The van der Waals surface area contributed by atoms with Gasteiger partial charge in [-0.2, -0.15) is 17.5 Å². The number of rotatable bonds is 6. The summed E-state index contributed by atoms with van der Waals surface area (Å²) < 4.78 is 64.8. The van der Waals surface area contributed by atoms with Crippen LogP contribution < -0.4 is 0 Å². The van der Waals surface area contributed by atoms with Crippen molar-refractivity contribution in [3.05, 3.63) is 65.0 Å². The predicted octanol–water partition coefficient (Wildman–Crippen LogP) is 3.03. The molecule has 0 saturated heterocycles. The van der Waals surface area contributed by atoms with Crippen molar-refractivity contribution in [3.63, 3.8) is 0 Å². The number of alkyl halides is 3. The zero-order valence-corrected chi connectivity index (χ0v) is 14.4. The average molecular weight is 388 g/mol. The van der Waals surface area contributed by atoms with Crippen LogP contribution in [0, 0.1) is 0 Å². The van der Waals surface area contributed by atoms with Gasteiger partial charge in [0.05, 0.1) is 30.5 Å². The van der Waals surface area contributed by atoms with E-state index in [1.807, 2.05) is 0 Å². The number of nitrogens with zero attached hydrogens (tertiary/aromatic N) is 2. The highest BCUT2D eigenvalue weighted by molar-refractivity contribution is 7.76. The van der Waals surface area contributed by atoms with Gasteiger partial charge in [-0.1, -0.05) is 18.2 Å². The lowest BCUT2D eigenvalue weighted by molar-refractivity contribution is -0.137. The summed E-state index contributed by atoms with van der Waals surface area (Å²) in [6, 6.07) is 7.43. The van der Waals surface area contributed by atoms with E-state index in [2.05, 4.69) is 9.72 Å². The molecule has 1 heterocycles. The molecule has 1 aromatic heterocycles. The van der Waals surface area contributed by atoms with Gasteiger partial charge in [0.1, 0.15) is 0 Å². The van der Waals surface area contributed by atoms with Crippen LogP contribution in [0.25, 0.3) is 0 Å². The minimum absolute atomic E-state index is 0.0964. The topological polar surface area (TPSA) is 79.7 Å². The number of hydrogen-bond donors (Lipinski definition) is 1. The lowest BCUT2D eigenvalue weighted by atomic mass is 10.1. The van der Waals surface area contributed by atoms with Gasteiger partial charge in [-0.05, 0) is 23.8 Å². The molecular formula is C16H15F3N2O4S. The Balaban J connectivity index is 2.15. The standard InChI is InChI=1S/C16H15F3N2O4S/c1-25-15(22)12-5-6-14(20-8-12)10-21(26(23)24)9-11-3-2-4-13(7-11)16(17,18)19/h2-8H,9-10H2,1H3,(H,23,24). The fourth-order valence-electron chi connectivity index (χ4n) is 2.15. The molecule has 0 fully saturated rings. The molecule has 26 heavy (non-hydrogen) atoms. The molecule has 0 radical (unpaired) electrons. The number of methoxy groups -OCH3 is 1. The minimum atomic E-state index is -4.50. The zero-order chi connectivity index (χ0) is 19.3. The van der Waals surface area contributed by atoms with Gasteiger partial charge in [-0.3, -0.25) is 9.54 Å². The third kappa shape index (κ3) is 5.35. The van der Waals surface area contributed by atoms with E-state index in [9.17, 15) is 26.7 Å². The van der Waals surface area contributed by atoms with Crippen molar-refractivity contribution in [2.24, 2.45) is 0 Å². The highest BCUT2D eigenvalue weighted by Crippen LogP contribution is 2.29. The molecule has 0 saturated carbocycles. The summed E-state index contributed by atoms with van der Waals surface area (Å²) in [6.45, 7) is -0.283. The van der Waals surface area contributed by atoms with Gasteiger partial charge < -0.3 is 4.74 Å². The van der Waals surface area contributed by atoms with Crippen molar-refractivity contribution in [3.8, 4) is 0 Å². The fourth-order valence-corrected chi connectivity index (χ4v) is 2.66. The third-order valence-electron chi connectivity index (χ3n) is 3.42. The second-order valence-corrected chi connectivity index (χ2v) is 6.23. The number of ether oxygens (including phenoxy) is 1. The number of esters is 1. The highest BCUT2D eigenvalue weighted by Gasteiger charge is 2.30. The first-order valence-electron chi connectivity index (χ1n) is 7.26. The molecule has 1 aromatic carbocycles. The van der Waals surface area contributed by atoms with Gasteiger partial charge >= 0.3 is 12.1 Å². The molecular weight excluding hydrogens is 373 g/mol. The van der Waals surface area contributed by atoms with Gasteiger partial charge in [-0.15, -0.1) is 0 Å². The monoisotopic (exact) mass is 388 g/mol. The molecule has 0 bridgehead atoms. The summed E-state index contributed by atoms with van der Waals surface area (Å²) in [5.74, 6) is -0.574. The van der Waals surface area contributed by atoms with Crippen LogP contribution in [0.5, 0.6) is 0 Å². The molecule has 0 aliphatic heterocycles. The van der Waals surface area contributed by atoms with Gasteiger partial charge in [0.25, 0.3) is 0 Å². The number of aromatic nitrogens is 1. The summed E-state index contributed by atoms with van der Waals surface area (Å²) in [7, 11) is 1.22. The first-order valence-corrected chi connectivity index (χ1v) is 8.32. The molecule has 0 spiro atoms. The van der Waals surface area contributed by atoms with Crippen molar-refractivity contribution in [1.82, 2.24) is 9.29 Å². The molecule has 0 aliphatic rings. The van der Waals surface area contributed by atoms with Gasteiger partial charge in [0.15, 0.2) is 0 Å². The zero-order valence-electron chi connectivity index (χ0n) is 13.6. The summed E-state index contributed by atoms with van der Waals surface area (Å²) in [6.07, 6.45) is -3.24. The Bertz CT molecular complexity index is 797. The first kappa shape index (κ1) is 20.0. The Morgan fingerprint density at radius 2 is 2.00 bits per heavy atom. The Morgan fingerprint density at radius 1 is 1.27 bits per heavy atom. The van der Waals surface area contributed by atoms with Crippen molar-refractivity contribution < 1.29 is 31.5 Å². The molecule has 2 rings (SSSR count). The number of pyridine rings is 1. The molecule has 1 unspecified atom stereocenters. The van der Waals surface area contributed by atoms with Crippen LogP contribution in [0.1, 0.15) is 27.2 Å². The number of benzene rings is 1. The maximum Gasteiger partial charge on any atom is 0.416 e. The van der Waals surface area contributed by atoms with E-state index in [-0.39, 0.29) is 24.2 Å². The second kappa shape index (κ2) is 8.39. The van der Waals surface area contributed by atoms with Crippen LogP contribution in [0.3, 0.4) is 0 Å². The van der Waals surface area contributed by atoms with Crippen LogP contribution in [0.2, 0.25) is 0 Å². The SMILES string of the molecule is COC(=O)c1ccc(CN(Cc2cccc(C(F)(F)F)c2)S(=O)O)nc1. The van der Waals surface area contributed by atoms with E-state index >= 15 is 0 Å². The average Bonchev–Trinajstić information content (AvgIpc) is 2.60.